The predicted molar refractivity (Wildman–Crippen MR) is 198 cm³/mol. The molecule has 2 amide bonds. The smallest absolute Gasteiger partial charge is 0.341 e. The molecular formula is C39H49Cl2N3O7. The van der Waals surface area contributed by atoms with Crippen LogP contribution in [0.3, 0.4) is 0 Å². The first kappa shape index (κ1) is 39.9. The van der Waals surface area contributed by atoms with Gasteiger partial charge < -0.3 is 24.3 Å². The maximum atomic E-state index is 14.8. The fraction of sp³-hybridized carbons (Fsp3) is 0.513. The molecule has 1 fully saturated rings. The van der Waals surface area contributed by atoms with Crippen molar-refractivity contribution in [2.75, 3.05) is 6.61 Å². The third-order valence-electron chi connectivity index (χ3n) is 9.03. The number of para-hydroxylation sites is 1. The van der Waals surface area contributed by atoms with Crippen LogP contribution in [0.25, 0.3) is 10.9 Å². The average molecular weight is 743 g/mol. The number of benzene rings is 2. The summed E-state index contributed by atoms with van der Waals surface area (Å²) in [6.45, 7) is 10.1. The van der Waals surface area contributed by atoms with E-state index in [1.165, 1.54) is 12.1 Å². The molecular weight excluding hydrogens is 693 g/mol. The van der Waals surface area contributed by atoms with Crippen molar-refractivity contribution in [3.63, 3.8) is 0 Å². The quantitative estimate of drug-likeness (QED) is 0.180. The molecule has 3 aromatic rings. The zero-order valence-electron chi connectivity index (χ0n) is 30.5. The molecule has 1 unspecified atom stereocenters. The van der Waals surface area contributed by atoms with E-state index in [0.29, 0.717) is 12.1 Å². The fourth-order valence-corrected chi connectivity index (χ4v) is 7.27. The molecule has 0 aliphatic heterocycles. The van der Waals surface area contributed by atoms with Crippen molar-refractivity contribution in [2.45, 2.75) is 110 Å². The Kier molecular flexibility index (Phi) is 13.4. The molecule has 2 aromatic carbocycles. The Hall–Kier alpha value is -3.89. The van der Waals surface area contributed by atoms with Crippen LogP contribution in [0.1, 0.15) is 106 Å². The number of ether oxygens (including phenoxy) is 2. The lowest BCUT2D eigenvalue weighted by atomic mass is 9.92. The number of hydrogen-bond acceptors (Lipinski definition) is 7. The van der Waals surface area contributed by atoms with Crippen molar-refractivity contribution in [1.29, 1.82) is 0 Å². The highest BCUT2D eigenvalue weighted by Crippen LogP contribution is 2.32. The number of esters is 2. The van der Waals surface area contributed by atoms with Crippen LogP contribution in [0.2, 0.25) is 10.0 Å². The predicted octanol–water partition coefficient (Wildman–Crippen LogP) is 7.49. The third kappa shape index (κ3) is 9.92. The maximum Gasteiger partial charge on any atom is 0.341 e. The van der Waals surface area contributed by atoms with E-state index >= 15 is 0 Å². The van der Waals surface area contributed by atoms with E-state index in [9.17, 15) is 24.0 Å². The lowest BCUT2D eigenvalue weighted by Gasteiger charge is -2.38. The summed E-state index contributed by atoms with van der Waals surface area (Å²) in [6, 6.07) is 9.74. The van der Waals surface area contributed by atoms with Crippen molar-refractivity contribution < 1.29 is 33.4 Å². The van der Waals surface area contributed by atoms with Gasteiger partial charge in [-0.15, -0.1) is 0 Å². The van der Waals surface area contributed by atoms with Crippen molar-refractivity contribution in [3.05, 3.63) is 69.3 Å². The number of rotatable bonds is 13. The van der Waals surface area contributed by atoms with Crippen molar-refractivity contribution in [1.82, 2.24) is 14.8 Å². The van der Waals surface area contributed by atoms with E-state index in [1.807, 2.05) is 35.9 Å². The van der Waals surface area contributed by atoms with Gasteiger partial charge in [0, 0.05) is 24.0 Å². The van der Waals surface area contributed by atoms with Gasteiger partial charge in [0.25, 0.3) is 5.91 Å². The Bertz CT molecular complexity index is 1750. The summed E-state index contributed by atoms with van der Waals surface area (Å²) >= 11 is 12.3. The second-order valence-corrected chi connectivity index (χ2v) is 15.5. The van der Waals surface area contributed by atoms with Crippen LogP contribution in [-0.4, -0.2) is 69.3 Å². The largest absolute Gasteiger partial charge is 0.460 e. The van der Waals surface area contributed by atoms with Crippen molar-refractivity contribution >= 4 is 63.6 Å². The number of amides is 2. The lowest BCUT2D eigenvalue weighted by molar-refractivity contribution is -0.156. The Morgan fingerprint density at radius 3 is 2.18 bits per heavy atom. The zero-order valence-corrected chi connectivity index (χ0v) is 32.0. The molecule has 10 nitrogen and oxygen atoms in total. The minimum Gasteiger partial charge on any atom is -0.460 e. The number of carbonyl (C=O) groups is 5. The van der Waals surface area contributed by atoms with Crippen LogP contribution < -0.4 is 5.32 Å². The van der Waals surface area contributed by atoms with Gasteiger partial charge in [-0.2, -0.15) is 0 Å². The standard InChI is InChI=1S/C39H49Cl2N3O7/c1-23(2)20-27-26-16-11-12-19-31(26)43(7)35(27)37(48)44(25-14-9-8-10-15-25)24(3)36(47)42-30(21-33(46)51-39(4,5)6)32(45)22-50-38(49)34-28(40)17-13-18-29(34)41/h11-13,16-19,23-25,30H,8-10,14-15,20-22H2,1-7H3,(H,42,47)/t24-,30?/m0/s1. The van der Waals surface area contributed by atoms with E-state index in [4.69, 9.17) is 32.7 Å². The highest BCUT2D eigenvalue weighted by atomic mass is 35.5. The minimum atomic E-state index is -1.42. The minimum absolute atomic E-state index is 0.0440. The van der Waals surface area contributed by atoms with Crippen molar-refractivity contribution in [3.8, 4) is 0 Å². The van der Waals surface area contributed by atoms with Gasteiger partial charge >= 0.3 is 11.9 Å². The molecule has 1 aromatic heterocycles. The summed E-state index contributed by atoms with van der Waals surface area (Å²) in [6.07, 6.45) is 4.48. The molecule has 1 saturated carbocycles. The van der Waals surface area contributed by atoms with Gasteiger partial charge in [-0.1, -0.05) is 80.6 Å². The van der Waals surface area contributed by atoms with Gasteiger partial charge in [0.2, 0.25) is 5.91 Å². The third-order valence-corrected chi connectivity index (χ3v) is 9.66. The topological polar surface area (TPSA) is 124 Å². The van der Waals surface area contributed by atoms with Gasteiger partial charge in [0.15, 0.2) is 12.4 Å². The van der Waals surface area contributed by atoms with Gasteiger partial charge in [-0.25, -0.2) is 4.79 Å². The summed E-state index contributed by atoms with van der Waals surface area (Å²) in [5.74, 6) is -3.03. The van der Waals surface area contributed by atoms with Gasteiger partial charge in [0.1, 0.15) is 23.4 Å². The molecule has 1 aliphatic carbocycles. The van der Waals surface area contributed by atoms with Gasteiger partial charge in [-0.05, 0) is 76.6 Å². The lowest BCUT2D eigenvalue weighted by Crippen LogP contribution is -2.56. The van der Waals surface area contributed by atoms with Gasteiger partial charge in [-0.3, -0.25) is 19.2 Å². The summed E-state index contributed by atoms with van der Waals surface area (Å²) in [4.78, 5) is 70.0. The molecule has 4 rings (SSSR count). The average Bonchev–Trinajstić information content (AvgIpc) is 3.33. The zero-order chi connectivity index (χ0) is 37.6. The summed E-state index contributed by atoms with van der Waals surface area (Å²) in [5, 5.41) is 3.78. The molecule has 2 atom stereocenters. The van der Waals surface area contributed by atoms with E-state index in [2.05, 4.69) is 19.2 Å². The first-order chi connectivity index (χ1) is 24.0. The number of ketones is 1. The Labute approximate surface area is 310 Å². The molecule has 0 bridgehead atoms. The van der Waals surface area contributed by atoms with Crippen molar-refractivity contribution in [2.24, 2.45) is 13.0 Å². The molecule has 1 N–H and O–H groups in total. The Balaban J connectivity index is 1.65. The van der Waals surface area contributed by atoms with Gasteiger partial charge in [0.05, 0.1) is 22.0 Å². The summed E-state index contributed by atoms with van der Waals surface area (Å²) in [7, 11) is 1.87. The van der Waals surface area contributed by atoms with Crippen LogP contribution in [0.5, 0.6) is 0 Å². The van der Waals surface area contributed by atoms with Crippen LogP contribution >= 0.6 is 23.2 Å². The number of halogens is 2. The number of carbonyl (C=O) groups excluding carboxylic acids is 5. The van der Waals surface area contributed by atoms with E-state index in [-0.39, 0.29) is 33.5 Å². The molecule has 276 valence electrons. The first-order valence-electron chi connectivity index (χ1n) is 17.5. The van der Waals surface area contributed by atoms with E-state index < -0.39 is 54.3 Å². The SMILES string of the molecule is CC(C)Cc1c(C(=O)N(C2CCCCC2)[C@@H](C)C(=O)NC(CC(=O)OC(C)(C)C)C(=O)COC(=O)c2c(Cl)cccc2Cl)n(C)c2ccccc12. The normalized spacial score (nSPS) is 14.9. The summed E-state index contributed by atoms with van der Waals surface area (Å²) < 4.78 is 12.6. The highest BCUT2D eigenvalue weighted by Gasteiger charge is 2.38. The number of aromatic nitrogens is 1. The van der Waals surface area contributed by atoms with Crippen LogP contribution in [0, 0.1) is 5.92 Å². The van der Waals surface area contributed by atoms with Crippen LogP contribution in [-0.2, 0) is 37.3 Å². The second-order valence-electron chi connectivity index (χ2n) is 14.7. The van der Waals surface area contributed by atoms with Crippen LogP contribution in [0.15, 0.2) is 42.5 Å². The molecule has 0 saturated heterocycles. The number of aryl methyl sites for hydroxylation is 1. The molecule has 0 spiro atoms. The second kappa shape index (κ2) is 17.1. The number of nitrogens with zero attached hydrogens (tertiary/aromatic N) is 2. The number of fused-ring (bicyclic) bond motifs is 1. The number of Topliss-reactive ketones (excluding diaryl/α,β-unsaturated/α-hetero) is 1. The van der Waals surface area contributed by atoms with E-state index in [1.54, 1.807) is 38.7 Å². The number of hydrogen-bond donors (Lipinski definition) is 1. The molecule has 1 aliphatic rings. The Morgan fingerprint density at radius 1 is 0.941 bits per heavy atom. The molecule has 51 heavy (non-hydrogen) atoms. The van der Waals surface area contributed by atoms with E-state index in [0.717, 1.165) is 48.6 Å². The molecule has 12 heteroatoms. The Morgan fingerprint density at radius 2 is 1.57 bits per heavy atom. The highest BCUT2D eigenvalue weighted by molar-refractivity contribution is 6.39. The molecule has 0 radical (unpaired) electrons. The van der Waals surface area contributed by atoms with Crippen LogP contribution in [0.4, 0.5) is 0 Å². The number of nitrogens with one attached hydrogen (secondary N) is 1. The first-order valence-corrected chi connectivity index (χ1v) is 18.3. The molecule has 1 heterocycles. The monoisotopic (exact) mass is 741 g/mol. The summed E-state index contributed by atoms with van der Waals surface area (Å²) in [5.41, 5.74) is 1.42. The fourth-order valence-electron chi connectivity index (χ4n) is 6.71. The maximum absolute atomic E-state index is 14.8.